The third-order valence-electron chi connectivity index (χ3n) is 4.07. The lowest BCUT2D eigenvalue weighted by atomic mass is 9.87. The van der Waals surface area contributed by atoms with E-state index in [0.717, 1.165) is 12.1 Å². The van der Waals surface area contributed by atoms with Crippen LogP contribution in [0.15, 0.2) is 59.6 Å². The van der Waals surface area contributed by atoms with Gasteiger partial charge in [0.25, 0.3) is 0 Å². The van der Waals surface area contributed by atoms with Crippen molar-refractivity contribution in [2.24, 2.45) is 0 Å². The van der Waals surface area contributed by atoms with Gasteiger partial charge in [-0.2, -0.15) is 13.2 Å². The van der Waals surface area contributed by atoms with Crippen LogP contribution in [0, 0.1) is 0 Å². The second-order valence-corrected chi connectivity index (χ2v) is 7.09. The largest absolute Gasteiger partial charge is 0.416 e. The first-order valence-corrected chi connectivity index (χ1v) is 8.96. The summed E-state index contributed by atoms with van der Waals surface area (Å²) in [5.41, 5.74) is -0.847. The van der Waals surface area contributed by atoms with Gasteiger partial charge < -0.3 is 14.9 Å². The molecule has 0 aliphatic carbocycles. The van der Waals surface area contributed by atoms with Crippen molar-refractivity contribution in [3.63, 3.8) is 0 Å². The zero-order chi connectivity index (χ0) is 20.1. The van der Waals surface area contributed by atoms with E-state index in [4.69, 9.17) is 4.74 Å². The Morgan fingerprint density at radius 1 is 1.15 bits per heavy atom. The van der Waals surface area contributed by atoms with Crippen LogP contribution >= 0.6 is 15.9 Å². The van der Waals surface area contributed by atoms with Gasteiger partial charge in [0.1, 0.15) is 5.60 Å². The van der Waals surface area contributed by atoms with Gasteiger partial charge in [-0.15, -0.1) is 6.58 Å². The molecule has 0 aromatic heterocycles. The van der Waals surface area contributed by atoms with Crippen molar-refractivity contribution >= 4 is 15.9 Å². The van der Waals surface area contributed by atoms with Gasteiger partial charge in [0.15, 0.2) is 0 Å². The number of alkyl halides is 3. The van der Waals surface area contributed by atoms with Crippen molar-refractivity contribution < 1.29 is 28.1 Å². The van der Waals surface area contributed by atoms with Crippen molar-refractivity contribution in [2.75, 3.05) is 6.61 Å². The molecule has 0 bridgehead atoms. The van der Waals surface area contributed by atoms with Gasteiger partial charge in [-0.1, -0.05) is 46.3 Å². The van der Waals surface area contributed by atoms with Gasteiger partial charge in [-0.05, 0) is 34.9 Å². The van der Waals surface area contributed by atoms with Crippen LogP contribution in [0.2, 0.25) is 0 Å². The Hall–Kier alpha value is -1.67. The molecule has 0 aliphatic rings. The zero-order valence-corrected chi connectivity index (χ0v) is 16.1. The summed E-state index contributed by atoms with van der Waals surface area (Å²) in [7, 11) is 0. The van der Waals surface area contributed by atoms with E-state index in [1.807, 2.05) is 0 Å². The number of ether oxygens (including phenoxy) is 1. The summed E-state index contributed by atoms with van der Waals surface area (Å²) in [6.07, 6.45) is -2.77. The predicted octanol–water partition coefficient (Wildman–Crippen LogP) is 4.94. The topological polar surface area (TPSA) is 49.7 Å². The lowest BCUT2D eigenvalue weighted by Gasteiger charge is -2.29. The fraction of sp³-hybridized carbons (Fsp3) is 0.300. The van der Waals surface area contributed by atoms with Crippen molar-refractivity contribution in [2.45, 2.75) is 31.4 Å². The second-order valence-electron chi connectivity index (χ2n) is 6.18. The standard InChI is InChI=1S/C20H20BrF3O3/c1-2-7-19(26,18-6-4-3-5-15(18)11-25)13-27-12-14-8-16(20(22,23)24)10-17(21)9-14/h2-6,8-10,25-26H,1,7,11-13H2. The molecule has 2 rings (SSSR count). The van der Waals surface area contributed by atoms with Crippen LogP contribution in [0.1, 0.15) is 28.7 Å². The van der Waals surface area contributed by atoms with Crippen LogP contribution in [0.3, 0.4) is 0 Å². The fourth-order valence-electron chi connectivity index (χ4n) is 2.83. The van der Waals surface area contributed by atoms with Crippen LogP contribution in [0.5, 0.6) is 0 Å². The Bertz CT molecular complexity index is 792. The van der Waals surface area contributed by atoms with Crippen molar-refractivity contribution in [1.82, 2.24) is 0 Å². The molecule has 1 unspecified atom stereocenters. The van der Waals surface area contributed by atoms with Gasteiger partial charge >= 0.3 is 6.18 Å². The molecule has 0 spiro atoms. The Morgan fingerprint density at radius 3 is 2.48 bits per heavy atom. The van der Waals surface area contributed by atoms with Crippen LogP contribution in [0.4, 0.5) is 13.2 Å². The van der Waals surface area contributed by atoms with E-state index in [9.17, 15) is 23.4 Å². The summed E-state index contributed by atoms with van der Waals surface area (Å²) in [6.45, 7) is 3.11. The van der Waals surface area contributed by atoms with E-state index >= 15 is 0 Å². The molecule has 0 radical (unpaired) electrons. The van der Waals surface area contributed by atoms with E-state index in [1.165, 1.54) is 12.1 Å². The van der Waals surface area contributed by atoms with Gasteiger partial charge in [-0.25, -0.2) is 0 Å². The molecule has 2 aromatic carbocycles. The van der Waals surface area contributed by atoms with E-state index in [0.29, 0.717) is 21.2 Å². The number of aliphatic hydroxyl groups excluding tert-OH is 1. The maximum Gasteiger partial charge on any atom is 0.416 e. The number of aliphatic hydroxyl groups is 2. The molecule has 0 saturated heterocycles. The van der Waals surface area contributed by atoms with Crippen molar-refractivity contribution in [3.05, 3.63) is 81.8 Å². The number of hydrogen-bond acceptors (Lipinski definition) is 3. The first-order chi connectivity index (χ1) is 12.7. The Balaban J connectivity index is 2.18. The minimum absolute atomic E-state index is 0.108. The van der Waals surface area contributed by atoms with Gasteiger partial charge in [0, 0.05) is 10.9 Å². The highest BCUT2D eigenvalue weighted by atomic mass is 79.9. The van der Waals surface area contributed by atoms with Gasteiger partial charge in [0.2, 0.25) is 0 Å². The lowest BCUT2D eigenvalue weighted by molar-refractivity contribution is -0.137. The summed E-state index contributed by atoms with van der Waals surface area (Å²) in [5.74, 6) is 0. The normalized spacial score (nSPS) is 14.0. The molecular weight excluding hydrogens is 425 g/mol. The van der Waals surface area contributed by atoms with Gasteiger partial charge in [0.05, 0.1) is 25.4 Å². The summed E-state index contributed by atoms with van der Waals surface area (Å²) in [4.78, 5) is 0. The minimum atomic E-state index is -4.46. The minimum Gasteiger partial charge on any atom is -0.392 e. The van der Waals surface area contributed by atoms with E-state index in [2.05, 4.69) is 22.5 Å². The summed E-state index contributed by atoms with van der Waals surface area (Å²) >= 11 is 3.07. The van der Waals surface area contributed by atoms with Crippen molar-refractivity contribution in [1.29, 1.82) is 0 Å². The number of benzene rings is 2. The predicted molar refractivity (Wildman–Crippen MR) is 99.9 cm³/mol. The van der Waals surface area contributed by atoms with Crippen LogP contribution in [0.25, 0.3) is 0 Å². The van der Waals surface area contributed by atoms with Gasteiger partial charge in [-0.3, -0.25) is 0 Å². The summed E-state index contributed by atoms with van der Waals surface area (Å²) in [5, 5.41) is 20.5. The Labute approximate surface area is 164 Å². The molecule has 27 heavy (non-hydrogen) atoms. The molecule has 0 aliphatic heterocycles. The highest BCUT2D eigenvalue weighted by molar-refractivity contribution is 9.10. The van der Waals surface area contributed by atoms with Crippen LogP contribution in [-0.4, -0.2) is 16.8 Å². The maximum atomic E-state index is 12.9. The summed E-state index contributed by atoms with van der Waals surface area (Å²) < 4.78 is 44.6. The van der Waals surface area contributed by atoms with E-state index < -0.39 is 17.3 Å². The fourth-order valence-corrected chi connectivity index (χ4v) is 3.37. The molecule has 0 amide bonds. The molecule has 3 nitrogen and oxygen atoms in total. The smallest absolute Gasteiger partial charge is 0.392 e. The average molecular weight is 445 g/mol. The lowest BCUT2D eigenvalue weighted by Crippen LogP contribution is -2.32. The Morgan fingerprint density at radius 2 is 1.85 bits per heavy atom. The number of halogens is 4. The summed E-state index contributed by atoms with van der Waals surface area (Å²) in [6, 6.07) is 10.4. The molecule has 1 atom stereocenters. The number of hydrogen-bond donors (Lipinski definition) is 2. The number of rotatable bonds is 8. The molecule has 0 saturated carbocycles. The third kappa shape index (κ3) is 5.65. The first-order valence-electron chi connectivity index (χ1n) is 8.16. The maximum absolute atomic E-state index is 12.9. The molecule has 0 fully saturated rings. The van der Waals surface area contributed by atoms with E-state index in [-0.39, 0.29) is 26.2 Å². The SMILES string of the molecule is C=CCC(O)(COCc1cc(Br)cc(C(F)(F)F)c1)c1ccccc1CO. The van der Waals surface area contributed by atoms with E-state index in [1.54, 1.807) is 24.3 Å². The average Bonchev–Trinajstić information content (AvgIpc) is 2.60. The Kier molecular flexibility index (Phi) is 7.22. The monoisotopic (exact) mass is 444 g/mol. The second kappa shape index (κ2) is 9.01. The van der Waals surface area contributed by atoms with Crippen LogP contribution in [-0.2, 0) is 29.7 Å². The molecular formula is C20H20BrF3O3. The molecule has 2 aromatic rings. The highest BCUT2D eigenvalue weighted by Crippen LogP contribution is 2.33. The zero-order valence-electron chi connectivity index (χ0n) is 14.5. The van der Waals surface area contributed by atoms with Crippen LogP contribution < -0.4 is 0 Å². The third-order valence-corrected chi connectivity index (χ3v) is 4.52. The first kappa shape index (κ1) is 21.6. The molecule has 2 N–H and O–H groups in total. The molecule has 0 heterocycles. The van der Waals surface area contributed by atoms with Crippen molar-refractivity contribution in [3.8, 4) is 0 Å². The quantitative estimate of drug-likeness (QED) is 0.566. The highest BCUT2D eigenvalue weighted by Gasteiger charge is 2.32. The molecule has 7 heteroatoms. The molecule has 146 valence electrons.